The molecule has 4 nitrogen and oxygen atoms in total. The van der Waals surface area contributed by atoms with Crippen LogP contribution < -0.4 is 0 Å². The fraction of sp³-hybridized carbons (Fsp3) is 0.900. The lowest BCUT2D eigenvalue weighted by atomic mass is 10.1. The van der Waals surface area contributed by atoms with Crippen molar-refractivity contribution >= 4 is 11.9 Å². The van der Waals surface area contributed by atoms with Crippen molar-refractivity contribution in [3.63, 3.8) is 0 Å². The molecule has 0 radical (unpaired) electrons. The van der Waals surface area contributed by atoms with Crippen molar-refractivity contribution in [1.82, 2.24) is 4.90 Å². The fourth-order valence-corrected chi connectivity index (χ4v) is 2.77. The molecule has 0 spiro atoms. The molecule has 0 aromatic heterocycles. The van der Waals surface area contributed by atoms with E-state index in [1.807, 2.05) is 4.90 Å². The predicted molar refractivity (Wildman–Crippen MR) is 100.0 cm³/mol. The van der Waals surface area contributed by atoms with Gasteiger partial charge in [0.2, 0.25) is 5.91 Å². The van der Waals surface area contributed by atoms with Crippen molar-refractivity contribution < 1.29 is 14.3 Å². The van der Waals surface area contributed by atoms with Crippen molar-refractivity contribution in [2.45, 2.75) is 97.8 Å². The Morgan fingerprint density at radius 3 is 1.67 bits per heavy atom. The monoisotopic (exact) mass is 341 g/mol. The first-order chi connectivity index (χ1) is 11.7. The molecule has 0 unspecified atom stereocenters. The van der Waals surface area contributed by atoms with E-state index in [0.29, 0.717) is 6.61 Å². The number of carbonyl (C=O) groups excluding carboxylic acids is 2. The van der Waals surface area contributed by atoms with Gasteiger partial charge in [-0.25, -0.2) is 0 Å². The normalized spacial score (nSPS) is 10.6. The Balaban J connectivity index is 4.16. The average molecular weight is 342 g/mol. The first kappa shape index (κ1) is 22.9. The van der Waals surface area contributed by atoms with Crippen LogP contribution in [0.4, 0.5) is 0 Å². The Hall–Kier alpha value is -1.06. The summed E-state index contributed by atoms with van der Waals surface area (Å²) >= 11 is 0. The van der Waals surface area contributed by atoms with Gasteiger partial charge in [0, 0.05) is 19.5 Å². The molecule has 142 valence electrons. The number of hydrogen-bond donors (Lipinski definition) is 0. The Kier molecular flexibility index (Phi) is 16.0. The van der Waals surface area contributed by atoms with Gasteiger partial charge in [-0.2, -0.15) is 0 Å². The maximum absolute atomic E-state index is 12.4. The van der Waals surface area contributed by atoms with Gasteiger partial charge in [-0.15, -0.1) is 0 Å². The molecule has 24 heavy (non-hydrogen) atoms. The molecule has 0 aliphatic rings. The lowest BCUT2D eigenvalue weighted by molar-refractivity contribution is -0.145. The van der Waals surface area contributed by atoms with E-state index >= 15 is 0 Å². The van der Waals surface area contributed by atoms with Crippen molar-refractivity contribution in [2.24, 2.45) is 0 Å². The van der Waals surface area contributed by atoms with E-state index in [2.05, 4.69) is 13.8 Å². The first-order valence-corrected chi connectivity index (χ1v) is 10.1. The maximum atomic E-state index is 12.4. The number of esters is 1. The molecule has 1 amide bonds. The molecule has 0 atom stereocenters. The molecule has 0 rings (SSSR count). The highest BCUT2D eigenvalue weighted by atomic mass is 16.5. The molecule has 0 aromatic rings. The molecule has 0 aliphatic heterocycles. The SMILES string of the molecule is CCCCCCCN(CCCCCCC)C(=O)CCC(=O)OCC. The third-order valence-electron chi connectivity index (χ3n) is 4.26. The number of hydrogen-bond acceptors (Lipinski definition) is 3. The number of ether oxygens (including phenoxy) is 1. The van der Waals surface area contributed by atoms with E-state index in [-0.39, 0.29) is 24.7 Å². The molecular weight excluding hydrogens is 302 g/mol. The smallest absolute Gasteiger partial charge is 0.306 e. The minimum absolute atomic E-state index is 0.106. The first-order valence-electron chi connectivity index (χ1n) is 10.1. The summed E-state index contributed by atoms with van der Waals surface area (Å²) in [5.74, 6) is -0.161. The number of nitrogens with zero attached hydrogens (tertiary/aromatic N) is 1. The lowest BCUT2D eigenvalue weighted by Crippen LogP contribution is -2.33. The second-order valence-electron chi connectivity index (χ2n) is 6.51. The average Bonchev–Trinajstić information content (AvgIpc) is 2.57. The van der Waals surface area contributed by atoms with E-state index < -0.39 is 0 Å². The minimum Gasteiger partial charge on any atom is -0.466 e. The lowest BCUT2D eigenvalue weighted by Gasteiger charge is -2.23. The molecule has 0 aliphatic carbocycles. The summed E-state index contributed by atoms with van der Waals surface area (Å²) in [6, 6.07) is 0. The van der Waals surface area contributed by atoms with Gasteiger partial charge in [0.15, 0.2) is 0 Å². The van der Waals surface area contributed by atoms with E-state index in [9.17, 15) is 9.59 Å². The van der Waals surface area contributed by atoms with Crippen LogP contribution in [0, 0.1) is 0 Å². The Morgan fingerprint density at radius 2 is 1.21 bits per heavy atom. The van der Waals surface area contributed by atoms with Gasteiger partial charge in [-0.3, -0.25) is 9.59 Å². The minimum atomic E-state index is -0.267. The number of carbonyl (C=O) groups is 2. The number of unbranched alkanes of at least 4 members (excludes halogenated alkanes) is 8. The van der Waals surface area contributed by atoms with Gasteiger partial charge in [0.05, 0.1) is 13.0 Å². The highest BCUT2D eigenvalue weighted by molar-refractivity contribution is 5.81. The van der Waals surface area contributed by atoms with Gasteiger partial charge in [0.25, 0.3) is 0 Å². The standard InChI is InChI=1S/C20H39NO3/c1-4-7-9-11-13-17-21(18-14-12-10-8-5-2)19(22)15-16-20(23)24-6-3/h4-18H2,1-3H3. The Labute approximate surface area is 149 Å². The van der Waals surface area contributed by atoms with Crippen LogP contribution in [0.15, 0.2) is 0 Å². The van der Waals surface area contributed by atoms with E-state index in [0.717, 1.165) is 25.9 Å². The highest BCUT2D eigenvalue weighted by Crippen LogP contribution is 2.09. The van der Waals surface area contributed by atoms with Gasteiger partial charge in [-0.1, -0.05) is 65.2 Å². The second-order valence-corrected chi connectivity index (χ2v) is 6.51. The zero-order valence-electron chi connectivity index (χ0n) is 16.3. The van der Waals surface area contributed by atoms with Crippen molar-refractivity contribution in [3.8, 4) is 0 Å². The molecule has 0 N–H and O–H groups in total. The van der Waals surface area contributed by atoms with Crippen molar-refractivity contribution in [3.05, 3.63) is 0 Å². The van der Waals surface area contributed by atoms with Crippen LogP contribution in [0.25, 0.3) is 0 Å². The van der Waals surface area contributed by atoms with Crippen molar-refractivity contribution in [2.75, 3.05) is 19.7 Å². The third-order valence-corrected chi connectivity index (χ3v) is 4.26. The predicted octanol–water partition coefficient (Wildman–Crippen LogP) is 5.10. The molecule has 0 aromatic carbocycles. The number of rotatable bonds is 16. The molecule has 0 bridgehead atoms. The molecule has 0 heterocycles. The molecule has 0 saturated heterocycles. The van der Waals surface area contributed by atoms with Gasteiger partial charge in [-0.05, 0) is 19.8 Å². The molecule has 0 saturated carbocycles. The molecular formula is C20H39NO3. The second kappa shape index (κ2) is 16.8. The van der Waals surface area contributed by atoms with Gasteiger partial charge < -0.3 is 9.64 Å². The Morgan fingerprint density at radius 1 is 0.708 bits per heavy atom. The van der Waals surface area contributed by atoms with E-state index in [1.54, 1.807) is 6.92 Å². The summed E-state index contributed by atoms with van der Waals surface area (Å²) < 4.78 is 4.91. The summed E-state index contributed by atoms with van der Waals surface area (Å²) in [7, 11) is 0. The summed E-state index contributed by atoms with van der Waals surface area (Å²) in [6.45, 7) is 8.26. The number of amides is 1. The van der Waals surface area contributed by atoms with Crippen LogP contribution in [-0.2, 0) is 14.3 Å². The van der Waals surface area contributed by atoms with Crippen molar-refractivity contribution in [1.29, 1.82) is 0 Å². The zero-order chi connectivity index (χ0) is 18.0. The van der Waals surface area contributed by atoms with Crippen LogP contribution >= 0.6 is 0 Å². The summed E-state index contributed by atoms with van der Waals surface area (Å²) in [5.41, 5.74) is 0. The topological polar surface area (TPSA) is 46.6 Å². The molecule has 4 heteroatoms. The quantitative estimate of drug-likeness (QED) is 0.290. The summed E-state index contributed by atoms with van der Waals surface area (Å²) in [6.07, 6.45) is 12.5. The maximum Gasteiger partial charge on any atom is 0.306 e. The molecule has 0 fully saturated rings. The van der Waals surface area contributed by atoms with Crippen LogP contribution in [0.3, 0.4) is 0 Å². The highest BCUT2D eigenvalue weighted by Gasteiger charge is 2.15. The van der Waals surface area contributed by atoms with E-state index in [1.165, 1.54) is 51.4 Å². The third kappa shape index (κ3) is 13.4. The van der Waals surface area contributed by atoms with Crippen LogP contribution in [0.2, 0.25) is 0 Å². The fourth-order valence-electron chi connectivity index (χ4n) is 2.77. The summed E-state index contributed by atoms with van der Waals surface area (Å²) in [4.78, 5) is 25.8. The van der Waals surface area contributed by atoms with Crippen LogP contribution in [0.1, 0.15) is 97.8 Å². The van der Waals surface area contributed by atoms with Crippen LogP contribution in [0.5, 0.6) is 0 Å². The largest absolute Gasteiger partial charge is 0.466 e. The summed E-state index contributed by atoms with van der Waals surface area (Å²) in [5, 5.41) is 0. The zero-order valence-corrected chi connectivity index (χ0v) is 16.3. The van der Waals surface area contributed by atoms with E-state index in [4.69, 9.17) is 4.74 Å². The van der Waals surface area contributed by atoms with Gasteiger partial charge >= 0.3 is 5.97 Å². The van der Waals surface area contributed by atoms with Gasteiger partial charge in [0.1, 0.15) is 0 Å². The van der Waals surface area contributed by atoms with Crippen LogP contribution in [-0.4, -0.2) is 36.5 Å². The Bertz CT molecular complexity index is 304.